The van der Waals surface area contributed by atoms with Gasteiger partial charge in [-0.25, -0.2) is 18.7 Å². The second-order valence-electron chi connectivity index (χ2n) is 3.82. The average Bonchev–Trinajstić information content (AvgIpc) is 2.38. The van der Waals surface area contributed by atoms with E-state index >= 15 is 0 Å². The molecule has 0 aliphatic heterocycles. The fourth-order valence-corrected chi connectivity index (χ4v) is 1.61. The summed E-state index contributed by atoms with van der Waals surface area (Å²) in [4.78, 5) is 7.67. The largest absolute Gasteiger partial charge is 0.363 e. The van der Waals surface area contributed by atoms with Crippen LogP contribution in [0.4, 0.5) is 14.6 Å². The molecule has 2 rings (SSSR count). The molecule has 1 aromatic heterocycles. The van der Waals surface area contributed by atoms with E-state index in [1.807, 2.05) is 6.92 Å². The number of aromatic nitrogens is 2. The Kier molecular flexibility index (Phi) is 3.82. The van der Waals surface area contributed by atoms with Crippen LogP contribution in [0.5, 0.6) is 0 Å². The number of benzene rings is 1. The van der Waals surface area contributed by atoms with Crippen LogP contribution in [0.15, 0.2) is 30.6 Å². The van der Waals surface area contributed by atoms with Crippen LogP contribution in [0.1, 0.15) is 18.2 Å². The number of aryl methyl sites for hydroxylation is 1. The van der Waals surface area contributed by atoms with Crippen LogP contribution in [0, 0.1) is 11.6 Å². The molecule has 0 amide bonds. The summed E-state index contributed by atoms with van der Waals surface area (Å²) in [6, 6.07) is 6.13. The molecule has 0 saturated carbocycles. The topological polar surface area (TPSA) is 37.8 Å². The molecule has 0 atom stereocenters. The predicted octanol–water partition coefficient (Wildman–Crippen LogP) is 2.93. The van der Waals surface area contributed by atoms with Crippen LogP contribution in [-0.2, 0) is 13.0 Å². The maximum absolute atomic E-state index is 13.8. The first-order valence-corrected chi connectivity index (χ1v) is 5.68. The zero-order chi connectivity index (χ0) is 13.0. The van der Waals surface area contributed by atoms with Crippen molar-refractivity contribution in [3.63, 3.8) is 0 Å². The number of nitrogens with one attached hydrogen (secondary N) is 1. The van der Waals surface area contributed by atoms with Crippen LogP contribution in [0.3, 0.4) is 0 Å². The Bertz CT molecular complexity index is 544. The molecule has 1 N–H and O–H groups in total. The highest BCUT2D eigenvalue weighted by Gasteiger charge is 2.08. The first kappa shape index (κ1) is 12.4. The Hall–Kier alpha value is -2.04. The quantitative estimate of drug-likeness (QED) is 0.905. The fraction of sp³-hybridized carbons (Fsp3) is 0.231. The highest BCUT2D eigenvalue weighted by molar-refractivity contribution is 5.38. The van der Waals surface area contributed by atoms with Crippen LogP contribution in [0.25, 0.3) is 0 Å². The Morgan fingerprint density at radius 1 is 1.22 bits per heavy atom. The third-order valence-corrected chi connectivity index (χ3v) is 2.55. The van der Waals surface area contributed by atoms with Gasteiger partial charge >= 0.3 is 0 Å². The molecule has 0 saturated heterocycles. The lowest BCUT2D eigenvalue weighted by atomic mass is 10.2. The summed E-state index contributed by atoms with van der Waals surface area (Å²) in [5.41, 5.74) is 1.10. The van der Waals surface area contributed by atoms with Crippen LogP contribution in [-0.4, -0.2) is 9.97 Å². The van der Waals surface area contributed by atoms with E-state index in [1.165, 1.54) is 18.5 Å². The van der Waals surface area contributed by atoms with Crippen molar-refractivity contribution in [3.8, 4) is 0 Å². The van der Waals surface area contributed by atoms with Crippen molar-refractivity contribution in [1.82, 2.24) is 9.97 Å². The first-order valence-electron chi connectivity index (χ1n) is 5.68. The van der Waals surface area contributed by atoms with E-state index in [0.29, 0.717) is 18.7 Å². The van der Waals surface area contributed by atoms with Gasteiger partial charge in [0, 0.05) is 6.54 Å². The third-order valence-electron chi connectivity index (χ3n) is 2.55. The van der Waals surface area contributed by atoms with Crippen LogP contribution < -0.4 is 5.32 Å². The minimum absolute atomic E-state index is 0.145. The molecule has 18 heavy (non-hydrogen) atoms. The van der Waals surface area contributed by atoms with Gasteiger partial charge in [0.2, 0.25) is 0 Å². The van der Waals surface area contributed by atoms with Gasteiger partial charge in [-0.15, -0.1) is 0 Å². The molecule has 0 aliphatic rings. The summed E-state index contributed by atoms with van der Waals surface area (Å²) in [5, 5.41) is 2.84. The van der Waals surface area contributed by atoms with E-state index in [0.717, 1.165) is 5.56 Å². The van der Waals surface area contributed by atoms with E-state index < -0.39 is 5.82 Å². The van der Waals surface area contributed by atoms with Gasteiger partial charge in [-0.3, -0.25) is 0 Å². The van der Waals surface area contributed by atoms with Crippen molar-refractivity contribution < 1.29 is 8.78 Å². The molecular weight excluding hydrogens is 236 g/mol. The second kappa shape index (κ2) is 5.53. The van der Waals surface area contributed by atoms with Gasteiger partial charge in [0.25, 0.3) is 0 Å². The minimum Gasteiger partial charge on any atom is -0.363 e. The van der Waals surface area contributed by atoms with Crippen molar-refractivity contribution in [2.75, 3.05) is 5.32 Å². The number of rotatable bonds is 4. The Labute approximate surface area is 104 Å². The smallest absolute Gasteiger partial charge is 0.186 e. The summed E-state index contributed by atoms with van der Waals surface area (Å²) >= 11 is 0. The minimum atomic E-state index is -0.448. The molecule has 0 bridgehead atoms. The van der Waals surface area contributed by atoms with Crippen LogP contribution in [0.2, 0.25) is 0 Å². The van der Waals surface area contributed by atoms with E-state index in [2.05, 4.69) is 15.3 Å². The third kappa shape index (κ3) is 2.80. The zero-order valence-electron chi connectivity index (χ0n) is 9.95. The molecule has 0 spiro atoms. The van der Waals surface area contributed by atoms with Gasteiger partial charge in [-0.1, -0.05) is 19.1 Å². The molecule has 1 aromatic carbocycles. The van der Waals surface area contributed by atoms with Gasteiger partial charge < -0.3 is 5.32 Å². The van der Waals surface area contributed by atoms with Crippen LogP contribution >= 0.6 is 0 Å². The van der Waals surface area contributed by atoms with Gasteiger partial charge in [-0.05, 0) is 24.1 Å². The van der Waals surface area contributed by atoms with Gasteiger partial charge in [0.05, 0.1) is 5.69 Å². The molecule has 5 heteroatoms. The Morgan fingerprint density at radius 3 is 2.78 bits per heavy atom. The lowest BCUT2D eigenvalue weighted by molar-refractivity contribution is 0.596. The molecule has 0 unspecified atom stereocenters. The SMILES string of the molecule is CCc1ncnc(NCc2cccc(F)c2)c1F. The number of hydrogen-bond acceptors (Lipinski definition) is 3. The van der Waals surface area contributed by atoms with Crippen molar-refractivity contribution >= 4 is 5.82 Å². The number of anilines is 1. The van der Waals surface area contributed by atoms with E-state index in [1.54, 1.807) is 12.1 Å². The van der Waals surface area contributed by atoms with E-state index in [4.69, 9.17) is 0 Å². The molecule has 94 valence electrons. The molecule has 3 nitrogen and oxygen atoms in total. The maximum atomic E-state index is 13.8. The van der Waals surface area contributed by atoms with Gasteiger partial charge in [0.15, 0.2) is 11.6 Å². The maximum Gasteiger partial charge on any atom is 0.186 e. The Morgan fingerprint density at radius 2 is 2.06 bits per heavy atom. The summed E-state index contributed by atoms with van der Waals surface area (Å²) in [5.74, 6) is -0.616. The fourth-order valence-electron chi connectivity index (χ4n) is 1.61. The average molecular weight is 249 g/mol. The number of hydrogen-bond donors (Lipinski definition) is 1. The molecule has 0 fully saturated rings. The van der Waals surface area contributed by atoms with Crippen molar-refractivity contribution in [1.29, 1.82) is 0 Å². The van der Waals surface area contributed by atoms with Gasteiger partial charge in [-0.2, -0.15) is 0 Å². The predicted molar refractivity (Wildman–Crippen MR) is 65.1 cm³/mol. The van der Waals surface area contributed by atoms with Crippen molar-refractivity contribution in [2.45, 2.75) is 19.9 Å². The molecule has 0 radical (unpaired) electrons. The number of halogens is 2. The molecular formula is C13H13F2N3. The highest BCUT2D eigenvalue weighted by Crippen LogP contribution is 2.14. The summed E-state index contributed by atoms with van der Waals surface area (Å²) in [6.45, 7) is 2.14. The normalized spacial score (nSPS) is 10.4. The Balaban J connectivity index is 2.11. The standard InChI is InChI=1S/C13H13F2N3/c1-2-11-12(15)13(18-8-17-11)16-7-9-4-3-5-10(14)6-9/h3-6,8H,2,7H2,1H3,(H,16,17,18). The van der Waals surface area contributed by atoms with Crippen molar-refractivity contribution in [3.05, 3.63) is 53.5 Å². The molecule has 0 aliphatic carbocycles. The summed E-state index contributed by atoms with van der Waals surface area (Å²) in [6.07, 6.45) is 1.82. The lowest BCUT2D eigenvalue weighted by Crippen LogP contribution is -2.06. The van der Waals surface area contributed by atoms with E-state index in [9.17, 15) is 8.78 Å². The second-order valence-corrected chi connectivity index (χ2v) is 3.82. The summed E-state index contributed by atoms with van der Waals surface area (Å²) < 4.78 is 26.8. The van der Waals surface area contributed by atoms with E-state index in [-0.39, 0.29) is 11.6 Å². The molecule has 1 heterocycles. The van der Waals surface area contributed by atoms with Crippen molar-refractivity contribution in [2.24, 2.45) is 0 Å². The first-order chi connectivity index (χ1) is 8.70. The van der Waals surface area contributed by atoms with Gasteiger partial charge in [0.1, 0.15) is 12.1 Å². The monoisotopic (exact) mass is 249 g/mol. The summed E-state index contributed by atoms with van der Waals surface area (Å²) in [7, 11) is 0. The zero-order valence-corrected chi connectivity index (χ0v) is 9.95. The highest BCUT2D eigenvalue weighted by atomic mass is 19.1. The number of nitrogens with zero attached hydrogens (tertiary/aromatic N) is 2. The molecule has 2 aromatic rings. The lowest BCUT2D eigenvalue weighted by Gasteiger charge is -2.08.